The minimum absolute atomic E-state index is 0.263. The minimum Gasteiger partial charge on any atom is -0.496 e. The first-order chi connectivity index (χ1) is 11.3. The standard InChI is InChI=1S/C22H20O/c1-15-7-5-9-17-10-6-12-19(21(15)17)20-14-13-16-8-3-4-11-18(16)22(20)23-2/h3-9,11-14,19H,10H2,1-2H3. The largest absolute Gasteiger partial charge is 0.496 e. The molecule has 0 radical (unpaired) electrons. The molecule has 0 heterocycles. The summed E-state index contributed by atoms with van der Waals surface area (Å²) >= 11 is 0. The molecule has 0 aromatic heterocycles. The Bertz CT molecular complexity index is 905. The third-order valence-electron chi connectivity index (χ3n) is 4.84. The summed E-state index contributed by atoms with van der Waals surface area (Å²) in [6, 6.07) is 19.4. The molecule has 0 bridgehead atoms. The quantitative estimate of drug-likeness (QED) is 0.576. The van der Waals surface area contributed by atoms with Gasteiger partial charge in [-0.1, -0.05) is 66.7 Å². The maximum absolute atomic E-state index is 5.83. The Labute approximate surface area is 137 Å². The van der Waals surface area contributed by atoms with Gasteiger partial charge in [-0.15, -0.1) is 0 Å². The van der Waals surface area contributed by atoms with E-state index < -0.39 is 0 Å². The number of ether oxygens (including phenoxy) is 1. The van der Waals surface area contributed by atoms with E-state index in [0.717, 1.165) is 12.2 Å². The fraction of sp³-hybridized carbons (Fsp3) is 0.182. The maximum Gasteiger partial charge on any atom is 0.130 e. The number of methoxy groups -OCH3 is 1. The van der Waals surface area contributed by atoms with Crippen LogP contribution in [0.1, 0.15) is 28.2 Å². The molecule has 0 saturated heterocycles. The molecule has 0 spiro atoms. The second-order valence-electron chi connectivity index (χ2n) is 6.17. The van der Waals surface area contributed by atoms with Crippen LogP contribution in [0.25, 0.3) is 10.8 Å². The van der Waals surface area contributed by atoms with Crippen molar-refractivity contribution in [1.82, 2.24) is 0 Å². The highest BCUT2D eigenvalue weighted by Gasteiger charge is 2.23. The van der Waals surface area contributed by atoms with Gasteiger partial charge in [0.15, 0.2) is 0 Å². The Kier molecular flexibility index (Phi) is 3.42. The second-order valence-corrected chi connectivity index (χ2v) is 6.17. The van der Waals surface area contributed by atoms with Gasteiger partial charge in [0.25, 0.3) is 0 Å². The highest BCUT2D eigenvalue weighted by Crippen LogP contribution is 2.41. The van der Waals surface area contributed by atoms with Gasteiger partial charge in [0.1, 0.15) is 5.75 Å². The van der Waals surface area contributed by atoms with Crippen molar-refractivity contribution in [2.45, 2.75) is 19.3 Å². The average Bonchev–Trinajstić information content (AvgIpc) is 2.60. The van der Waals surface area contributed by atoms with Crippen LogP contribution in [0.15, 0.2) is 66.7 Å². The molecule has 4 rings (SSSR count). The van der Waals surface area contributed by atoms with Crippen molar-refractivity contribution < 1.29 is 4.74 Å². The highest BCUT2D eigenvalue weighted by molar-refractivity contribution is 5.90. The van der Waals surface area contributed by atoms with Gasteiger partial charge in [-0.05, 0) is 35.4 Å². The molecular weight excluding hydrogens is 280 g/mol. The third-order valence-corrected chi connectivity index (χ3v) is 4.84. The van der Waals surface area contributed by atoms with E-state index >= 15 is 0 Å². The van der Waals surface area contributed by atoms with E-state index in [2.05, 4.69) is 73.7 Å². The highest BCUT2D eigenvalue weighted by atomic mass is 16.5. The summed E-state index contributed by atoms with van der Waals surface area (Å²) < 4.78 is 5.83. The van der Waals surface area contributed by atoms with Gasteiger partial charge in [0, 0.05) is 16.9 Å². The Balaban J connectivity index is 1.97. The Hall–Kier alpha value is -2.54. The number of allylic oxidation sites excluding steroid dienone is 2. The zero-order valence-corrected chi connectivity index (χ0v) is 13.5. The van der Waals surface area contributed by atoms with Crippen LogP contribution in [0.2, 0.25) is 0 Å². The summed E-state index contributed by atoms with van der Waals surface area (Å²) in [5.74, 6) is 1.26. The van der Waals surface area contributed by atoms with Gasteiger partial charge >= 0.3 is 0 Å². The number of hydrogen-bond acceptors (Lipinski definition) is 1. The maximum atomic E-state index is 5.83. The summed E-state index contributed by atoms with van der Waals surface area (Å²) in [6.45, 7) is 2.21. The summed E-state index contributed by atoms with van der Waals surface area (Å²) in [4.78, 5) is 0. The molecule has 0 N–H and O–H groups in total. The summed E-state index contributed by atoms with van der Waals surface area (Å²) in [6.07, 6.45) is 5.62. The van der Waals surface area contributed by atoms with E-state index in [1.54, 1.807) is 7.11 Å². The fourth-order valence-corrected chi connectivity index (χ4v) is 3.78. The zero-order valence-electron chi connectivity index (χ0n) is 13.5. The lowest BCUT2D eigenvalue weighted by Crippen LogP contribution is -2.10. The van der Waals surface area contributed by atoms with Crippen LogP contribution in [-0.4, -0.2) is 7.11 Å². The molecule has 1 atom stereocenters. The van der Waals surface area contributed by atoms with Gasteiger partial charge in [-0.2, -0.15) is 0 Å². The van der Waals surface area contributed by atoms with E-state index in [4.69, 9.17) is 4.74 Å². The van der Waals surface area contributed by atoms with Gasteiger partial charge in [-0.3, -0.25) is 0 Å². The van der Waals surface area contributed by atoms with Crippen LogP contribution in [0, 0.1) is 6.92 Å². The molecule has 0 aliphatic heterocycles. The Morgan fingerprint density at radius 3 is 2.70 bits per heavy atom. The van der Waals surface area contributed by atoms with E-state index in [0.29, 0.717) is 0 Å². The van der Waals surface area contributed by atoms with Crippen molar-refractivity contribution >= 4 is 10.8 Å². The van der Waals surface area contributed by atoms with Crippen molar-refractivity contribution in [3.05, 3.63) is 89.0 Å². The molecule has 1 unspecified atom stereocenters. The van der Waals surface area contributed by atoms with Gasteiger partial charge in [0.05, 0.1) is 7.11 Å². The van der Waals surface area contributed by atoms with Crippen molar-refractivity contribution in [3.8, 4) is 5.75 Å². The van der Waals surface area contributed by atoms with Crippen LogP contribution in [0.3, 0.4) is 0 Å². The minimum atomic E-state index is 0.263. The van der Waals surface area contributed by atoms with Crippen molar-refractivity contribution in [1.29, 1.82) is 0 Å². The molecular formula is C22H20O. The van der Waals surface area contributed by atoms with Crippen molar-refractivity contribution in [2.75, 3.05) is 7.11 Å². The average molecular weight is 300 g/mol. The van der Waals surface area contributed by atoms with Crippen molar-refractivity contribution in [2.24, 2.45) is 0 Å². The summed E-state index contributed by atoms with van der Waals surface area (Å²) in [5.41, 5.74) is 5.46. The fourth-order valence-electron chi connectivity index (χ4n) is 3.78. The van der Waals surface area contributed by atoms with Gasteiger partial charge in [-0.25, -0.2) is 0 Å². The van der Waals surface area contributed by atoms with Crippen molar-refractivity contribution in [3.63, 3.8) is 0 Å². The SMILES string of the molecule is COc1c(C2C=CCc3cccc(C)c32)ccc2ccccc12. The number of fused-ring (bicyclic) bond motifs is 2. The van der Waals surface area contributed by atoms with Crippen LogP contribution < -0.4 is 4.74 Å². The lowest BCUT2D eigenvalue weighted by Gasteiger charge is -2.25. The smallest absolute Gasteiger partial charge is 0.130 e. The van der Waals surface area contributed by atoms with E-state index in [9.17, 15) is 0 Å². The molecule has 0 amide bonds. The molecule has 23 heavy (non-hydrogen) atoms. The summed E-state index contributed by atoms with van der Waals surface area (Å²) in [7, 11) is 1.77. The molecule has 3 aromatic rings. The van der Waals surface area contributed by atoms with E-state index in [1.807, 2.05) is 0 Å². The molecule has 1 heteroatoms. The first-order valence-corrected chi connectivity index (χ1v) is 8.10. The van der Waals surface area contributed by atoms with Crippen LogP contribution >= 0.6 is 0 Å². The Morgan fingerprint density at radius 1 is 0.957 bits per heavy atom. The molecule has 1 nitrogen and oxygen atoms in total. The monoisotopic (exact) mass is 300 g/mol. The van der Waals surface area contributed by atoms with Crippen LogP contribution in [0.5, 0.6) is 5.75 Å². The first kappa shape index (κ1) is 14.1. The molecule has 0 saturated carbocycles. The topological polar surface area (TPSA) is 9.23 Å². The molecule has 3 aromatic carbocycles. The number of rotatable bonds is 2. The molecule has 0 fully saturated rings. The first-order valence-electron chi connectivity index (χ1n) is 8.10. The third kappa shape index (κ3) is 2.24. The van der Waals surface area contributed by atoms with E-state index in [-0.39, 0.29) is 5.92 Å². The molecule has 1 aliphatic rings. The number of hydrogen-bond donors (Lipinski definition) is 0. The zero-order chi connectivity index (χ0) is 15.8. The summed E-state index contributed by atoms with van der Waals surface area (Å²) in [5, 5.41) is 2.40. The predicted octanol–water partition coefficient (Wildman–Crippen LogP) is 5.40. The van der Waals surface area contributed by atoms with Gasteiger partial charge in [0.2, 0.25) is 0 Å². The van der Waals surface area contributed by atoms with Crippen LogP contribution in [-0.2, 0) is 6.42 Å². The lowest BCUT2D eigenvalue weighted by molar-refractivity contribution is 0.414. The predicted molar refractivity (Wildman–Crippen MR) is 96.4 cm³/mol. The van der Waals surface area contributed by atoms with Crippen LogP contribution in [0.4, 0.5) is 0 Å². The number of aryl methyl sites for hydroxylation is 1. The second kappa shape index (κ2) is 5.58. The number of benzene rings is 3. The Morgan fingerprint density at radius 2 is 1.83 bits per heavy atom. The lowest BCUT2D eigenvalue weighted by atomic mass is 9.80. The van der Waals surface area contributed by atoms with Gasteiger partial charge < -0.3 is 4.74 Å². The van der Waals surface area contributed by atoms with E-state index in [1.165, 1.54) is 33.0 Å². The normalized spacial score (nSPS) is 16.3. The molecule has 114 valence electrons. The molecule has 1 aliphatic carbocycles.